The molecule has 2 N–H and O–H groups in total. The van der Waals surface area contributed by atoms with Crippen LogP contribution in [-0.2, 0) is 0 Å². The maximum Gasteiger partial charge on any atom is 0.255 e. The van der Waals surface area contributed by atoms with E-state index in [1.54, 1.807) is 55.7 Å². The fraction of sp³-hybridized carbons (Fsp3) is 0.250. The minimum Gasteiger partial charge on any atom is -0.455 e. The van der Waals surface area contributed by atoms with E-state index in [0.29, 0.717) is 30.0 Å². The van der Waals surface area contributed by atoms with Gasteiger partial charge in [0.05, 0.1) is 17.9 Å². The molecule has 0 saturated heterocycles. The van der Waals surface area contributed by atoms with E-state index in [9.17, 15) is 9.90 Å². The highest BCUT2D eigenvalue weighted by atomic mass is 16.5. The Morgan fingerprint density at radius 2 is 2.14 bits per heavy atom. The van der Waals surface area contributed by atoms with E-state index in [4.69, 9.17) is 4.74 Å². The summed E-state index contributed by atoms with van der Waals surface area (Å²) in [6.07, 6.45) is 3.31. The summed E-state index contributed by atoms with van der Waals surface area (Å²) in [5.74, 6) is 0.817. The maximum atomic E-state index is 12.1. The first-order valence-corrected chi connectivity index (χ1v) is 6.80. The van der Waals surface area contributed by atoms with Gasteiger partial charge in [-0.05, 0) is 37.6 Å². The van der Waals surface area contributed by atoms with Crippen molar-refractivity contribution in [3.63, 3.8) is 0 Å². The molecule has 110 valence electrons. The number of nitrogens with zero attached hydrogens (tertiary/aromatic N) is 1. The topological polar surface area (TPSA) is 71.5 Å². The van der Waals surface area contributed by atoms with Gasteiger partial charge in [-0.15, -0.1) is 0 Å². The second kappa shape index (κ2) is 7.40. The van der Waals surface area contributed by atoms with Crippen molar-refractivity contribution >= 4 is 5.91 Å². The molecule has 0 radical (unpaired) electrons. The van der Waals surface area contributed by atoms with E-state index in [1.165, 1.54) is 0 Å². The number of amides is 1. The van der Waals surface area contributed by atoms with Gasteiger partial charge in [-0.3, -0.25) is 9.78 Å². The number of aliphatic hydroxyl groups excluding tert-OH is 1. The van der Waals surface area contributed by atoms with E-state index >= 15 is 0 Å². The number of pyridine rings is 1. The molecule has 2 aromatic rings. The molecular formula is C16H18N2O3. The van der Waals surface area contributed by atoms with Gasteiger partial charge in [0, 0.05) is 12.7 Å². The Kier molecular flexibility index (Phi) is 5.29. The summed E-state index contributed by atoms with van der Waals surface area (Å²) >= 11 is 0. The van der Waals surface area contributed by atoms with Gasteiger partial charge in [0.25, 0.3) is 5.91 Å². The zero-order valence-corrected chi connectivity index (χ0v) is 11.8. The van der Waals surface area contributed by atoms with Crippen LogP contribution in [0.2, 0.25) is 0 Å². The standard InChI is InChI=1S/C16H18N2O3/c1-12(19)8-10-18-16(20)14-6-2-3-7-15(14)21-13-5-4-9-17-11-13/h2-7,9,11-12,19H,8,10H2,1H3,(H,18,20). The zero-order valence-electron chi connectivity index (χ0n) is 11.8. The quantitative estimate of drug-likeness (QED) is 0.855. The molecule has 21 heavy (non-hydrogen) atoms. The molecule has 0 aliphatic rings. The van der Waals surface area contributed by atoms with Crippen LogP contribution < -0.4 is 10.1 Å². The summed E-state index contributed by atoms with van der Waals surface area (Å²) in [6, 6.07) is 10.5. The summed E-state index contributed by atoms with van der Waals surface area (Å²) in [7, 11) is 0. The number of aromatic nitrogens is 1. The van der Waals surface area contributed by atoms with Crippen molar-refractivity contribution in [3.8, 4) is 11.5 Å². The first-order chi connectivity index (χ1) is 10.2. The Hall–Kier alpha value is -2.40. The summed E-state index contributed by atoms with van der Waals surface area (Å²) in [5.41, 5.74) is 0.451. The van der Waals surface area contributed by atoms with Crippen molar-refractivity contribution < 1.29 is 14.6 Å². The molecule has 1 unspecified atom stereocenters. The smallest absolute Gasteiger partial charge is 0.255 e. The van der Waals surface area contributed by atoms with Crippen molar-refractivity contribution in [1.82, 2.24) is 10.3 Å². The van der Waals surface area contributed by atoms with Crippen LogP contribution in [0.1, 0.15) is 23.7 Å². The van der Waals surface area contributed by atoms with Crippen LogP contribution in [0.5, 0.6) is 11.5 Å². The van der Waals surface area contributed by atoms with E-state index in [1.807, 2.05) is 0 Å². The largest absolute Gasteiger partial charge is 0.455 e. The summed E-state index contributed by atoms with van der Waals surface area (Å²) in [5, 5.41) is 12.0. The van der Waals surface area contributed by atoms with Crippen molar-refractivity contribution in [2.75, 3.05) is 6.54 Å². The van der Waals surface area contributed by atoms with Gasteiger partial charge in [0.15, 0.2) is 0 Å². The fourth-order valence-corrected chi connectivity index (χ4v) is 1.77. The van der Waals surface area contributed by atoms with Crippen LogP contribution in [0.3, 0.4) is 0 Å². The van der Waals surface area contributed by atoms with E-state index in [-0.39, 0.29) is 5.91 Å². The number of ether oxygens (including phenoxy) is 1. The van der Waals surface area contributed by atoms with Gasteiger partial charge in [0.1, 0.15) is 11.5 Å². The Morgan fingerprint density at radius 1 is 1.33 bits per heavy atom. The first kappa shape index (κ1) is 15.0. The van der Waals surface area contributed by atoms with Crippen LogP contribution in [-0.4, -0.2) is 28.6 Å². The Morgan fingerprint density at radius 3 is 2.86 bits per heavy atom. The third kappa shape index (κ3) is 4.57. The summed E-state index contributed by atoms with van der Waals surface area (Å²) < 4.78 is 5.69. The molecule has 0 aliphatic carbocycles. The molecule has 1 amide bonds. The van der Waals surface area contributed by atoms with Crippen LogP contribution in [0.4, 0.5) is 0 Å². The molecule has 1 aromatic carbocycles. The minimum absolute atomic E-state index is 0.227. The van der Waals surface area contributed by atoms with Gasteiger partial charge in [0.2, 0.25) is 0 Å². The van der Waals surface area contributed by atoms with Crippen LogP contribution in [0.15, 0.2) is 48.8 Å². The van der Waals surface area contributed by atoms with E-state index in [0.717, 1.165) is 0 Å². The molecule has 2 rings (SSSR count). The minimum atomic E-state index is -0.438. The highest BCUT2D eigenvalue weighted by molar-refractivity contribution is 5.96. The molecule has 1 aromatic heterocycles. The Labute approximate surface area is 123 Å². The average Bonchev–Trinajstić information content (AvgIpc) is 2.48. The maximum absolute atomic E-state index is 12.1. The third-order valence-electron chi connectivity index (χ3n) is 2.84. The highest BCUT2D eigenvalue weighted by Gasteiger charge is 2.12. The van der Waals surface area contributed by atoms with Gasteiger partial charge >= 0.3 is 0 Å². The van der Waals surface area contributed by atoms with E-state index in [2.05, 4.69) is 10.3 Å². The predicted molar refractivity (Wildman–Crippen MR) is 79.4 cm³/mol. The van der Waals surface area contributed by atoms with Crippen LogP contribution in [0.25, 0.3) is 0 Å². The lowest BCUT2D eigenvalue weighted by Crippen LogP contribution is -2.26. The normalized spacial score (nSPS) is 11.7. The van der Waals surface area contributed by atoms with Gasteiger partial charge in [-0.25, -0.2) is 0 Å². The molecule has 5 nitrogen and oxygen atoms in total. The Balaban J connectivity index is 2.07. The molecule has 1 atom stereocenters. The number of rotatable bonds is 6. The molecule has 0 fully saturated rings. The number of hydrogen-bond donors (Lipinski definition) is 2. The zero-order chi connectivity index (χ0) is 15.1. The SMILES string of the molecule is CC(O)CCNC(=O)c1ccccc1Oc1cccnc1. The average molecular weight is 286 g/mol. The summed E-state index contributed by atoms with van der Waals surface area (Å²) in [4.78, 5) is 16.1. The predicted octanol–water partition coefficient (Wildman–Crippen LogP) is 2.37. The molecule has 5 heteroatoms. The number of carbonyl (C=O) groups is 1. The number of para-hydroxylation sites is 1. The molecule has 0 aliphatic heterocycles. The number of aliphatic hydroxyl groups is 1. The van der Waals surface area contributed by atoms with Crippen LogP contribution >= 0.6 is 0 Å². The van der Waals surface area contributed by atoms with E-state index < -0.39 is 6.10 Å². The van der Waals surface area contributed by atoms with Gasteiger partial charge < -0.3 is 15.2 Å². The lowest BCUT2D eigenvalue weighted by Gasteiger charge is -2.11. The van der Waals surface area contributed by atoms with Crippen molar-refractivity contribution in [2.24, 2.45) is 0 Å². The Bertz CT molecular complexity index is 585. The molecule has 1 heterocycles. The monoisotopic (exact) mass is 286 g/mol. The van der Waals surface area contributed by atoms with Gasteiger partial charge in [-0.1, -0.05) is 12.1 Å². The van der Waals surface area contributed by atoms with Crippen molar-refractivity contribution in [1.29, 1.82) is 0 Å². The second-order valence-corrected chi connectivity index (χ2v) is 4.68. The molecule has 0 saturated carbocycles. The van der Waals surface area contributed by atoms with Crippen molar-refractivity contribution in [2.45, 2.75) is 19.4 Å². The molecule has 0 spiro atoms. The number of hydrogen-bond acceptors (Lipinski definition) is 4. The highest BCUT2D eigenvalue weighted by Crippen LogP contribution is 2.24. The second-order valence-electron chi connectivity index (χ2n) is 4.68. The fourth-order valence-electron chi connectivity index (χ4n) is 1.77. The first-order valence-electron chi connectivity index (χ1n) is 6.80. The number of carbonyl (C=O) groups excluding carboxylic acids is 1. The number of nitrogens with one attached hydrogen (secondary N) is 1. The van der Waals surface area contributed by atoms with Crippen molar-refractivity contribution in [3.05, 3.63) is 54.4 Å². The molecular weight excluding hydrogens is 268 g/mol. The van der Waals surface area contributed by atoms with Crippen LogP contribution in [0, 0.1) is 0 Å². The number of benzene rings is 1. The summed E-state index contributed by atoms with van der Waals surface area (Å²) in [6.45, 7) is 2.10. The lowest BCUT2D eigenvalue weighted by atomic mass is 10.2. The van der Waals surface area contributed by atoms with Gasteiger partial charge in [-0.2, -0.15) is 0 Å². The molecule has 0 bridgehead atoms. The lowest BCUT2D eigenvalue weighted by molar-refractivity contribution is 0.0943. The third-order valence-corrected chi connectivity index (χ3v) is 2.84.